The molecule has 2 rings (SSSR count). The second-order valence-electron chi connectivity index (χ2n) is 12.4. The molecule has 236 valence electrons. The molecule has 43 heavy (non-hydrogen) atoms. The van der Waals surface area contributed by atoms with Gasteiger partial charge in [0.15, 0.2) is 0 Å². The first-order valence-corrected chi connectivity index (χ1v) is 15.0. The van der Waals surface area contributed by atoms with Crippen LogP contribution in [0.1, 0.15) is 89.6 Å². The summed E-state index contributed by atoms with van der Waals surface area (Å²) >= 11 is 0. The van der Waals surface area contributed by atoms with E-state index in [4.69, 9.17) is 9.47 Å². The van der Waals surface area contributed by atoms with Gasteiger partial charge in [-0.25, -0.2) is 4.79 Å². The smallest absolute Gasteiger partial charge is 0.408 e. The van der Waals surface area contributed by atoms with Crippen LogP contribution in [-0.4, -0.2) is 59.1 Å². The molecule has 0 radical (unpaired) electrons. The molecule has 0 aliphatic heterocycles. The van der Waals surface area contributed by atoms with Gasteiger partial charge in [0.1, 0.15) is 17.7 Å². The van der Waals surface area contributed by atoms with Crippen molar-refractivity contribution in [1.82, 2.24) is 15.5 Å². The predicted octanol–water partition coefficient (Wildman–Crippen LogP) is 5.57. The number of aryl methyl sites for hydroxylation is 2. The van der Waals surface area contributed by atoms with Crippen molar-refractivity contribution in [3.05, 3.63) is 70.8 Å². The minimum absolute atomic E-state index is 0.00104. The first-order chi connectivity index (χ1) is 20.1. The maximum atomic E-state index is 14.7. The van der Waals surface area contributed by atoms with Crippen molar-refractivity contribution < 1.29 is 28.7 Å². The molecular formula is C34H49N3O6. The van der Waals surface area contributed by atoms with Crippen LogP contribution in [0.2, 0.25) is 0 Å². The summed E-state index contributed by atoms with van der Waals surface area (Å²) in [6, 6.07) is 13.1. The van der Waals surface area contributed by atoms with Crippen LogP contribution in [0.15, 0.2) is 48.5 Å². The molecule has 0 fully saturated rings. The third-order valence-electron chi connectivity index (χ3n) is 7.20. The fourth-order valence-corrected chi connectivity index (χ4v) is 4.68. The third kappa shape index (κ3) is 10.7. The summed E-state index contributed by atoms with van der Waals surface area (Å²) < 4.78 is 10.5. The van der Waals surface area contributed by atoms with E-state index < -0.39 is 47.1 Å². The first kappa shape index (κ1) is 35.3. The SMILES string of the molecule is CCOC(=O)CCNC(=O)C(c1cc(C)ccc1C)N(C(=O)C(Cc1ccccc1)NC(=O)OC(C)(C)C)C(C)(C)CC. The fourth-order valence-electron chi connectivity index (χ4n) is 4.68. The van der Waals surface area contributed by atoms with Crippen LogP contribution in [-0.2, 0) is 30.3 Å². The van der Waals surface area contributed by atoms with E-state index in [1.807, 2.05) is 83.1 Å². The van der Waals surface area contributed by atoms with Gasteiger partial charge < -0.3 is 25.0 Å². The number of amides is 3. The summed E-state index contributed by atoms with van der Waals surface area (Å²) in [6.45, 7) is 16.9. The van der Waals surface area contributed by atoms with Gasteiger partial charge in [-0.2, -0.15) is 0 Å². The molecule has 0 saturated heterocycles. The molecule has 0 saturated carbocycles. The minimum Gasteiger partial charge on any atom is -0.466 e. The number of esters is 1. The Hall–Kier alpha value is -3.88. The lowest BCUT2D eigenvalue weighted by Crippen LogP contribution is -2.60. The average Bonchev–Trinajstić information content (AvgIpc) is 2.92. The van der Waals surface area contributed by atoms with Gasteiger partial charge >= 0.3 is 12.1 Å². The first-order valence-electron chi connectivity index (χ1n) is 15.0. The second kappa shape index (κ2) is 15.5. The zero-order valence-electron chi connectivity index (χ0n) is 27.2. The van der Waals surface area contributed by atoms with Crippen LogP contribution >= 0.6 is 0 Å². The summed E-state index contributed by atoms with van der Waals surface area (Å²) in [7, 11) is 0. The Balaban J connectivity index is 2.64. The van der Waals surface area contributed by atoms with Gasteiger partial charge in [-0.3, -0.25) is 14.4 Å². The van der Waals surface area contributed by atoms with Crippen molar-refractivity contribution in [2.45, 2.75) is 105 Å². The summed E-state index contributed by atoms with van der Waals surface area (Å²) in [5.74, 6) is -1.27. The van der Waals surface area contributed by atoms with Crippen LogP contribution in [0.3, 0.4) is 0 Å². The summed E-state index contributed by atoms with van der Waals surface area (Å²) in [5, 5.41) is 5.66. The summed E-state index contributed by atoms with van der Waals surface area (Å²) in [6.07, 6.45) is -0.000705. The maximum Gasteiger partial charge on any atom is 0.408 e. The highest BCUT2D eigenvalue weighted by Gasteiger charge is 2.43. The van der Waals surface area contributed by atoms with Gasteiger partial charge in [-0.1, -0.05) is 61.0 Å². The minimum atomic E-state index is -1.04. The quantitative estimate of drug-likeness (QED) is 0.293. The second-order valence-corrected chi connectivity index (χ2v) is 12.4. The number of nitrogens with one attached hydrogen (secondary N) is 2. The zero-order chi connectivity index (χ0) is 32.4. The molecule has 2 N–H and O–H groups in total. The van der Waals surface area contributed by atoms with Crippen molar-refractivity contribution >= 4 is 23.9 Å². The van der Waals surface area contributed by atoms with Crippen LogP contribution in [0.4, 0.5) is 4.79 Å². The lowest BCUT2D eigenvalue weighted by Gasteiger charge is -2.45. The number of hydrogen-bond acceptors (Lipinski definition) is 6. The van der Waals surface area contributed by atoms with Crippen molar-refractivity contribution in [3.63, 3.8) is 0 Å². The lowest BCUT2D eigenvalue weighted by atomic mass is 9.89. The number of ether oxygens (including phenoxy) is 2. The number of alkyl carbamates (subject to hydrolysis) is 1. The van der Waals surface area contributed by atoms with E-state index >= 15 is 0 Å². The molecule has 3 amide bonds. The molecule has 2 aromatic rings. The molecule has 2 atom stereocenters. The molecular weight excluding hydrogens is 546 g/mol. The predicted molar refractivity (Wildman–Crippen MR) is 167 cm³/mol. The van der Waals surface area contributed by atoms with Gasteiger partial charge in [0, 0.05) is 18.5 Å². The Morgan fingerprint density at radius 3 is 2.16 bits per heavy atom. The molecule has 9 heteroatoms. The standard InChI is InChI=1S/C34H49N3O6/c1-10-34(8,9)37(31(40)27(22-25-15-13-12-14-16-25)36-32(41)43-33(5,6)7)29(26-21-23(3)17-18-24(26)4)30(39)35-20-19-28(38)42-11-2/h12-18,21,27,29H,10-11,19-20,22H2,1-9H3,(H,35,39)(H,36,41). The molecule has 0 aliphatic rings. The molecule has 2 unspecified atom stereocenters. The normalized spacial score (nSPS) is 13.0. The highest BCUT2D eigenvalue weighted by Crippen LogP contribution is 2.34. The Labute approximate surface area is 256 Å². The molecule has 0 aliphatic carbocycles. The molecule has 0 aromatic heterocycles. The van der Waals surface area contributed by atoms with Gasteiger partial charge in [0.2, 0.25) is 11.8 Å². The van der Waals surface area contributed by atoms with Gasteiger partial charge in [0.25, 0.3) is 0 Å². The zero-order valence-corrected chi connectivity index (χ0v) is 27.2. The highest BCUT2D eigenvalue weighted by atomic mass is 16.6. The monoisotopic (exact) mass is 595 g/mol. The van der Waals surface area contributed by atoms with Crippen molar-refractivity contribution in [1.29, 1.82) is 0 Å². The number of rotatable bonds is 13. The van der Waals surface area contributed by atoms with E-state index in [9.17, 15) is 19.2 Å². The van der Waals surface area contributed by atoms with E-state index in [0.717, 1.165) is 16.7 Å². The van der Waals surface area contributed by atoms with Crippen LogP contribution in [0, 0.1) is 13.8 Å². The summed E-state index contributed by atoms with van der Waals surface area (Å²) in [4.78, 5) is 55.4. The van der Waals surface area contributed by atoms with E-state index in [2.05, 4.69) is 10.6 Å². The average molecular weight is 596 g/mol. The van der Waals surface area contributed by atoms with Crippen molar-refractivity contribution in [2.24, 2.45) is 0 Å². The lowest BCUT2D eigenvalue weighted by molar-refractivity contribution is -0.149. The van der Waals surface area contributed by atoms with Crippen LogP contribution < -0.4 is 10.6 Å². The van der Waals surface area contributed by atoms with E-state index in [1.54, 1.807) is 32.6 Å². The molecule has 0 heterocycles. The van der Waals surface area contributed by atoms with Gasteiger partial charge in [-0.05, 0) is 78.5 Å². The van der Waals surface area contributed by atoms with E-state index in [1.165, 1.54) is 0 Å². The molecule has 0 bridgehead atoms. The fraction of sp³-hybridized carbons (Fsp3) is 0.529. The molecule has 9 nitrogen and oxygen atoms in total. The topological polar surface area (TPSA) is 114 Å². The Morgan fingerprint density at radius 2 is 1.58 bits per heavy atom. The van der Waals surface area contributed by atoms with Crippen LogP contribution in [0.25, 0.3) is 0 Å². The van der Waals surface area contributed by atoms with Crippen LogP contribution in [0.5, 0.6) is 0 Å². The maximum absolute atomic E-state index is 14.7. The number of hydrogen-bond donors (Lipinski definition) is 2. The largest absolute Gasteiger partial charge is 0.466 e. The Morgan fingerprint density at radius 1 is 0.930 bits per heavy atom. The van der Waals surface area contributed by atoms with Gasteiger partial charge in [-0.15, -0.1) is 0 Å². The third-order valence-corrected chi connectivity index (χ3v) is 7.20. The van der Waals surface area contributed by atoms with E-state index in [0.29, 0.717) is 12.0 Å². The van der Waals surface area contributed by atoms with E-state index in [-0.39, 0.29) is 26.0 Å². The number of nitrogens with zero attached hydrogens (tertiary/aromatic N) is 1. The Bertz CT molecular complexity index is 1250. The number of carbonyl (C=O) groups excluding carboxylic acids is 4. The summed E-state index contributed by atoms with van der Waals surface area (Å²) in [5.41, 5.74) is 1.70. The van der Waals surface area contributed by atoms with Gasteiger partial charge in [0.05, 0.1) is 13.0 Å². The van der Waals surface area contributed by atoms with Crippen molar-refractivity contribution in [2.75, 3.05) is 13.2 Å². The number of carbonyl (C=O) groups is 4. The van der Waals surface area contributed by atoms with Crippen molar-refractivity contribution in [3.8, 4) is 0 Å². The Kier molecular flexibility index (Phi) is 12.8. The number of benzene rings is 2. The molecule has 2 aromatic carbocycles. The molecule has 0 spiro atoms. The highest BCUT2D eigenvalue weighted by molar-refractivity contribution is 5.93.